The topological polar surface area (TPSA) is 84.1 Å². The number of aromatic nitrogens is 2. The maximum absolute atomic E-state index is 12.4. The molecule has 2 N–H and O–H groups in total. The minimum Gasteiger partial charge on any atom is -0.491 e. The third-order valence-corrected chi connectivity index (χ3v) is 5.36. The standard InChI is InChI=1S/C17H23N3O3S/c1-12(2)23-13-7-9-14(10-8-13)24(21,22)18-11-17-19-15-5-3-4-6-16(15)20-17/h7-10,12,18H,3-6,11H2,1-2H3,(H,19,20). The van der Waals surface area contributed by atoms with Gasteiger partial charge in [0.05, 0.1) is 23.2 Å². The van der Waals surface area contributed by atoms with Crippen LogP contribution in [0, 0.1) is 0 Å². The van der Waals surface area contributed by atoms with Crippen molar-refractivity contribution in [2.75, 3.05) is 0 Å². The van der Waals surface area contributed by atoms with Crippen molar-refractivity contribution < 1.29 is 13.2 Å². The zero-order valence-corrected chi connectivity index (χ0v) is 14.8. The number of rotatable bonds is 6. The Kier molecular flexibility index (Phi) is 4.91. The van der Waals surface area contributed by atoms with Crippen molar-refractivity contribution >= 4 is 10.0 Å². The highest BCUT2D eigenvalue weighted by atomic mass is 32.2. The van der Waals surface area contributed by atoms with Gasteiger partial charge in [-0.15, -0.1) is 0 Å². The third-order valence-electron chi connectivity index (χ3n) is 3.94. The van der Waals surface area contributed by atoms with Crippen molar-refractivity contribution in [3.8, 4) is 5.75 Å². The van der Waals surface area contributed by atoms with E-state index in [0.29, 0.717) is 11.6 Å². The van der Waals surface area contributed by atoms with E-state index < -0.39 is 10.0 Å². The minimum atomic E-state index is -3.57. The van der Waals surface area contributed by atoms with Crippen molar-refractivity contribution in [1.29, 1.82) is 0 Å². The van der Waals surface area contributed by atoms with Crippen LogP contribution in [0.5, 0.6) is 5.75 Å². The summed E-state index contributed by atoms with van der Waals surface area (Å²) in [4.78, 5) is 7.94. The second kappa shape index (κ2) is 6.94. The van der Waals surface area contributed by atoms with E-state index in [1.807, 2.05) is 13.8 Å². The molecule has 0 amide bonds. The molecule has 0 unspecified atom stereocenters. The number of nitrogens with one attached hydrogen (secondary N) is 2. The Morgan fingerprint density at radius 2 is 1.92 bits per heavy atom. The molecule has 1 aliphatic rings. The van der Waals surface area contributed by atoms with Crippen LogP contribution < -0.4 is 9.46 Å². The van der Waals surface area contributed by atoms with Gasteiger partial charge in [-0.2, -0.15) is 0 Å². The van der Waals surface area contributed by atoms with Crippen molar-refractivity contribution in [1.82, 2.24) is 14.7 Å². The van der Waals surface area contributed by atoms with Gasteiger partial charge in [0.25, 0.3) is 0 Å². The van der Waals surface area contributed by atoms with Crippen LogP contribution >= 0.6 is 0 Å². The first-order valence-corrected chi connectivity index (χ1v) is 9.75. The molecule has 0 radical (unpaired) electrons. The van der Waals surface area contributed by atoms with Crippen molar-refractivity contribution in [2.45, 2.75) is 57.1 Å². The maximum Gasteiger partial charge on any atom is 0.240 e. The molecule has 2 aromatic rings. The number of aryl methyl sites for hydroxylation is 2. The average Bonchev–Trinajstić information content (AvgIpc) is 2.96. The Morgan fingerprint density at radius 3 is 2.58 bits per heavy atom. The second-order valence-corrected chi connectivity index (χ2v) is 8.05. The number of benzene rings is 1. The smallest absolute Gasteiger partial charge is 0.240 e. The molecule has 0 aliphatic heterocycles. The summed E-state index contributed by atoms with van der Waals surface area (Å²) in [5, 5.41) is 0. The lowest BCUT2D eigenvalue weighted by Gasteiger charge is -2.10. The molecule has 0 spiro atoms. The molecule has 1 aromatic heterocycles. The molecule has 0 saturated carbocycles. The fraction of sp³-hybridized carbons (Fsp3) is 0.471. The predicted octanol–water partition coefficient (Wildman–Crippen LogP) is 2.55. The summed E-state index contributed by atoms with van der Waals surface area (Å²) < 4.78 is 32.9. The van der Waals surface area contributed by atoms with E-state index in [1.165, 1.54) is 0 Å². The summed E-state index contributed by atoms with van der Waals surface area (Å²) in [5.74, 6) is 1.33. The fourth-order valence-electron chi connectivity index (χ4n) is 2.81. The van der Waals surface area contributed by atoms with Gasteiger partial charge in [0.15, 0.2) is 0 Å². The molecule has 0 fully saturated rings. The van der Waals surface area contributed by atoms with Crippen molar-refractivity contribution in [2.24, 2.45) is 0 Å². The normalized spacial score (nSPS) is 14.6. The number of imidazole rings is 1. The summed E-state index contributed by atoms with van der Waals surface area (Å²) in [6.45, 7) is 4.02. The molecule has 3 rings (SSSR count). The molecule has 1 heterocycles. The van der Waals surface area contributed by atoms with Crippen LogP contribution in [0.4, 0.5) is 0 Å². The predicted molar refractivity (Wildman–Crippen MR) is 91.5 cm³/mol. The number of nitrogens with zero attached hydrogens (tertiary/aromatic N) is 1. The number of H-pyrrole nitrogens is 1. The van der Waals surface area contributed by atoms with Crippen LogP contribution in [-0.4, -0.2) is 24.5 Å². The molecular weight excluding hydrogens is 326 g/mol. The van der Waals surface area contributed by atoms with Gasteiger partial charge >= 0.3 is 0 Å². The zero-order valence-electron chi connectivity index (χ0n) is 14.0. The number of sulfonamides is 1. The van der Waals surface area contributed by atoms with Gasteiger partial charge in [-0.3, -0.25) is 0 Å². The summed E-state index contributed by atoms with van der Waals surface area (Å²) in [6.07, 6.45) is 4.32. The molecule has 24 heavy (non-hydrogen) atoms. The highest BCUT2D eigenvalue weighted by molar-refractivity contribution is 7.89. The van der Waals surface area contributed by atoms with Crippen molar-refractivity contribution in [3.05, 3.63) is 41.5 Å². The van der Waals surface area contributed by atoms with E-state index in [-0.39, 0.29) is 17.5 Å². The molecule has 6 nitrogen and oxygen atoms in total. The van der Waals surface area contributed by atoms with Crippen LogP contribution in [0.3, 0.4) is 0 Å². The summed E-state index contributed by atoms with van der Waals surface area (Å²) in [5.41, 5.74) is 2.22. The van der Waals surface area contributed by atoms with E-state index in [1.54, 1.807) is 24.3 Å². The Hall–Kier alpha value is -1.86. The largest absolute Gasteiger partial charge is 0.491 e. The monoisotopic (exact) mass is 349 g/mol. The summed E-state index contributed by atoms with van der Waals surface area (Å²) >= 11 is 0. The first-order valence-electron chi connectivity index (χ1n) is 8.27. The first-order chi connectivity index (χ1) is 11.4. The highest BCUT2D eigenvalue weighted by Crippen LogP contribution is 2.20. The third kappa shape index (κ3) is 3.96. The molecule has 1 aliphatic carbocycles. The van der Waals surface area contributed by atoms with Gasteiger partial charge in [-0.1, -0.05) is 0 Å². The van der Waals surface area contributed by atoms with Gasteiger partial charge in [-0.05, 0) is 63.8 Å². The molecule has 0 atom stereocenters. The highest BCUT2D eigenvalue weighted by Gasteiger charge is 2.17. The zero-order chi connectivity index (χ0) is 17.2. The molecule has 7 heteroatoms. The Bertz CT molecular complexity index is 771. The van der Waals surface area contributed by atoms with Crippen LogP contribution in [0.25, 0.3) is 0 Å². The fourth-order valence-corrected chi connectivity index (χ4v) is 3.80. The molecule has 1 aromatic carbocycles. The molecule has 0 bridgehead atoms. The van der Waals surface area contributed by atoms with Gasteiger partial charge in [-0.25, -0.2) is 18.1 Å². The second-order valence-electron chi connectivity index (χ2n) is 6.28. The number of hydrogen-bond acceptors (Lipinski definition) is 4. The Morgan fingerprint density at radius 1 is 1.21 bits per heavy atom. The molecule has 0 saturated heterocycles. The minimum absolute atomic E-state index is 0.0515. The van der Waals surface area contributed by atoms with Gasteiger partial charge in [0.1, 0.15) is 11.6 Å². The lowest BCUT2D eigenvalue weighted by molar-refractivity contribution is 0.242. The van der Waals surface area contributed by atoms with Gasteiger partial charge in [0, 0.05) is 5.69 Å². The van der Waals surface area contributed by atoms with Crippen LogP contribution in [0.15, 0.2) is 29.2 Å². The quantitative estimate of drug-likeness (QED) is 0.839. The van der Waals surface area contributed by atoms with E-state index >= 15 is 0 Å². The lowest BCUT2D eigenvalue weighted by atomic mass is 10.0. The summed E-state index contributed by atoms with van der Waals surface area (Å²) in [7, 11) is -3.57. The van der Waals surface area contributed by atoms with Crippen LogP contribution in [0.1, 0.15) is 43.9 Å². The number of fused-ring (bicyclic) bond motifs is 1. The number of ether oxygens (including phenoxy) is 1. The summed E-state index contributed by atoms with van der Waals surface area (Å²) in [6, 6.07) is 6.43. The van der Waals surface area contributed by atoms with E-state index in [4.69, 9.17) is 4.74 Å². The Balaban J connectivity index is 1.66. The SMILES string of the molecule is CC(C)Oc1ccc(S(=O)(=O)NCc2nc3c([nH]2)CCCC3)cc1. The lowest BCUT2D eigenvalue weighted by Crippen LogP contribution is -2.23. The van der Waals surface area contributed by atoms with Crippen LogP contribution in [0.2, 0.25) is 0 Å². The number of hydrogen-bond donors (Lipinski definition) is 2. The first kappa shape index (κ1) is 17.0. The van der Waals surface area contributed by atoms with Gasteiger partial charge < -0.3 is 9.72 Å². The Labute approximate surface area is 142 Å². The van der Waals surface area contributed by atoms with Crippen molar-refractivity contribution in [3.63, 3.8) is 0 Å². The van der Waals surface area contributed by atoms with E-state index in [0.717, 1.165) is 37.1 Å². The molecular formula is C17H23N3O3S. The van der Waals surface area contributed by atoms with E-state index in [2.05, 4.69) is 14.7 Å². The molecule has 130 valence electrons. The van der Waals surface area contributed by atoms with Gasteiger partial charge in [0.2, 0.25) is 10.0 Å². The van der Waals surface area contributed by atoms with Crippen LogP contribution in [-0.2, 0) is 29.4 Å². The number of aromatic amines is 1. The average molecular weight is 349 g/mol. The maximum atomic E-state index is 12.4. The van der Waals surface area contributed by atoms with E-state index in [9.17, 15) is 8.42 Å².